The van der Waals surface area contributed by atoms with Crippen molar-refractivity contribution in [3.05, 3.63) is 36.7 Å². The molecule has 0 aliphatic carbocycles. The first-order valence-corrected chi connectivity index (χ1v) is 5.35. The predicted molar refractivity (Wildman–Crippen MR) is 52.1 cm³/mol. The largest absolute Gasteiger partial charge is 0.253 e. The number of hydrogen-bond acceptors (Lipinski definition) is 3. The van der Waals surface area contributed by atoms with Crippen molar-refractivity contribution in [2.45, 2.75) is 9.79 Å². The van der Waals surface area contributed by atoms with E-state index >= 15 is 0 Å². The minimum atomic E-state index is -1.10. The first-order valence-electron chi connectivity index (χ1n) is 4.20. The first kappa shape index (κ1) is 7.82. The van der Waals surface area contributed by atoms with Crippen molar-refractivity contribution in [1.29, 1.82) is 0 Å². The molecule has 1 aliphatic heterocycles. The van der Waals surface area contributed by atoms with Crippen LogP contribution in [0.2, 0.25) is 0 Å². The fourth-order valence-corrected chi connectivity index (χ4v) is 2.85. The summed E-state index contributed by atoms with van der Waals surface area (Å²) >= 11 is 0. The Morgan fingerprint density at radius 1 is 0.929 bits per heavy atom. The Kier molecular flexibility index (Phi) is 1.52. The lowest BCUT2D eigenvalue weighted by atomic mass is 10.2. The third kappa shape index (κ3) is 0.886. The van der Waals surface area contributed by atoms with Crippen LogP contribution in [0.1, 0.15) is 0 Å². The third-order valence-electron chi connectivity index (χ3n) is 2.17. The second kappa shape index (κ2) is 2.72. The van der Waals surface area contributed by atoms with Gasteiger partial charge in [0.25, 0.3) is 0 Å². The molecule has 0 fully saturated rings. The van der Waals surface area contributed by atoms with Crippen molar-refractivity contribution in [2.24, 2.45) is 0 Å². The van der Waals surface area contributed by atoms with E-state index in [2.05, 4.69) is 9.97 Å². The van der Waals surface area contributed by atoms with Crippen LogP contribution in [0, 0.1) is 0 Å². The minimum Gasteiger partial charge on any atom is -0.253 e. The Hall–Kier alpha value is -1.55. The molecule has 68 valence electrons. The van der Waals surface area contributed by atoms with Crippen LogP contribution in [0.25, 0.3) is 11.4 Å². The van der Waals surface area contributed by atoms with E-state index in [9.17, 15) is 4.21 Å². The molecule has 1 aliphatic rings. The Labute approximate surface area is 83.3 Å². The van der Waals surface area contributed by atoms with E-state index in [1.807, 2.05) is 12.1 Å². The maximum Gasteiger partial charge on any atom is 0.106 e. The van der Waals surface area contributed by atoms with Gasteiger partial charge >= 0.3 is 0 Å². The molecule has 0 atom stereocenters. The van der Waals surface area contributed by atoms with Gasteiger partial charge in [0.05, 0.1) is 20.6 Å². The SMILES string of the molecule is O=S1c2cccnc2-c2ncccc21. The molecule has 0 unspecified atom stereocenters. The van der Waals surface area contributed by atoms with Gasteiger partial charge in [-0.05, 0) is 24.3 Å². The van der Waals surface area contributed by atoms with Crippen LogP contribution in [-0.4, -0.2) is 14.2 Å². The molecule has 0 saturated carbocycles. The summed E-state index contributed by atoms with van der Waals surface area (Å²) in [6.45, 7) is 0. The summed E-state index contributed by atoms with van der Waals surface area (Å²) in [7, 11) is -1.10. The summed E-state index contributed by atoms with van der Waals surface area (Å²) in [5.74, 6) is 0. The topological polar surface area (TPSA) is 42.9 Å². The molecule has 3 heterocycles. The molecule has 3 nitrogen and oxygen atoms in total. The number of rotatable bonds is 0. The molecule has 4 heteroatoms. The molecular formula is C10H6N2OS. The maximum atomic E-state index is 11.9. The Morgan fingerprint density at radius 3 is 1.93 bits per heavy atom. The van der Waals surface area contributed by atoms with E-state index in [-0.39, 0.29) is 0 Å². The molecule has 3 rings (SSSR count). The number of nitrogens with zero attached hydrogens (tertiary/aromatic N) is 2. The molecule has 0 aromatic carbocycles. The fourth-order valence-electron chi connectivity index (χ4n) is 1.55. The van der Waals surface area contributed by atoms with E-state index in [1.165, 1.54) is 0 Å². The van der Waals surface area contributed by atoms with Gasteiger partial charge in [-0.25, -0.2) is 4.21 Å². The third-order valence-corrected chi connectivity index (χ3v) is 3.62. The summed E-state index contributed by atoms with van der Waals surface area (Å²) in [6, 6.07) is 7.26. The van der Waals surface area contributed by atoms with Crippen LogP contribution in [-0.2, 0) is 10.8 Å². The van der Waals surface area contributed by atoms with E-state index < -0.39 is 10.8 Å². The number of fused-ring (bicyclic) bond motifs is 3. The molecule has 2 aromatic rings. The summed E-state index contributed by atoms with van der Waals surface area (Å²) in [5.41, 5.74) is 1.50. The van der Waals surface area contributed by atoms with Crippen LogP contribution in [0.4, 0.5) is 0 Å². The zero-order valence-electron chi connectivity index (χ0n) is 7.18. The zero-order valence-corrected chi connectivity index (χ0v) is 7.99. The molecule has 2 aromatic heterocycles. The molecule has 0 saturated heterocycles. The smallest absolute Gasteiger partial charge is 0.106 e. The lowest BCUT2D eigenvalue weighted by molar-refractivity contribution is 0.684. The van der Waals surface area contributed by atoms with Crippen molar-refractivity contribution in [2.75, 3.05) is 0 Å². The Bertz CT molecular complexity index is 492. The molecule has 14 heavy (non-hydrogen) atoms. The van der Waals surface area contributed by atoms with Crippen LogP contribution in [0.3, 0.4) is 0 Å². The van der Waals surface area contributed by atoms with Crippen LogP contribution in [0.5, 0.6) is 0 Å². The first-order chi connectivity index (χ1) is 6.88. The lowest BCUT2D eigenvalue weighted by Gasteiger charge is -1.93. The van der Waals surface area contributed by atoms with Gasteiger partial charge in [-0.2, -0.15) is 0 Å². The summed E-state index contributed by atoms with van der Waals surface area (Å²) in [4.78, 5) is 9.92. The highest BCUT2D eigenvalue weighted by atomic mass is 32.2. The van der Waals surface area contributed by atoms with Gasteiger partial charge in [0, 0.05) is 12.4 Å². The van der Waals surface area contributed by atoms with Gasteiger partial charge < -0.3 is 0 Å². The lowest BCUT2D eigenvalue weighted by Crippen LogP contribution is -1.85. The minimum absolute atomic E-state index is 0.751. The summed E-state index contributed by atoms with van der Waals surface area (Å²) in [5, 5.41) is 0. The van der Waals surface area contributed by atoms with E-state index in [1.54, 1.807) is 24.5 Å². The van der Waals surface area contributed by atoms with Crippen molar-refractivity contribution in [1.82, 2.24) is 9.97 Å². The number of hydrogen-bond donors (Lipinski definition) is 0. The van der Waals surface area contributed by atoms with E-state index in [0.29, 0.717) is 0 Å². The molecule has 0 bridgehead atoms. The summed E-state index contributed by atoms with van der Waals surface area (Å²) < 4.78 is 11.9. The Morgan fingerprint density at radius 2 is 1.43 bits per heavy atom. The molecule has 0 spiro atoms. The number of pyridine rings is 2. The average Bonchev–Trinajstić information content (AvgIpc) is 2.55. The van der Waals surface area contributed by atoms with Gasteiger partial charge in [-0.15, -0.1) is 0 Å². The van der Waals surface area contributed by atoms with Crippen LogP contribution in [0.15, 0.2) is 46.5 Å². The van der Waals surface area contributed by atoms with Crippen molar-refractivity contribution in [3.8, 4) is 11.4 Å². The highest BCUT2D eigenvalue weighted by Crippen LogP contribution is 2.36. The van der Waals surface area contributed by atoms with Gasteiger partial charge in [-0.1, -0.05) is 0 Å². The van der Waals surface area contributed by atoms with Gasteiger partial charge in [-0.3, -0.25) is 9.97 Å². The Balaban J connectivity index is 2.42. The van der Waals surface area contributed by atoms with Crippen molar-refractivity contribution in [3.63, 3.8) is 0 Å². The van der Waals surface area contributed by atoms with Gasteiger partial charge in [0.1, 0.15) is 11.4 Å². The highest BCUT2D eigenvalue weighted by Gasteiger charge is 2.26. The van der Waals surface area contributed by atoms with Gasteiger partial charge in [0.2, 0.25) is 0 Å². The maximum absolute atomic E-state index is 11.9. The second-order valence-corrected chi connectivity index (χ2v) is 4.39. The monoisotopic (exact) mass is 202 g/mol. The summed E-state index contributed by atoms with van der Waals surface area (Å²) in [6.07, 6.45) is 3.39. The predicted octanol–water partition coefficient (Wildman–Crippen LogP) is 1.62. The molecular weight excluding hydrogens is 196 g/mol. The fraction of sp³-hybridized carbons (Fsp3) is 0. The average molecular weight is 202 g/mol. The molecule has 0 N–H and O–H groups in total. The standard InChI is InChI=1S/C10H6N2OS/c13-14-7-3-1-5-11-9(7)10-8(14)4-2-6-12-10/h1-6H. The molecule has 0 amide bonds. The highest BCUT2D eigenvalue weighted by molar-refractivity contribution is 7.85. The van der Waals surface area contributed by atoms with Crippen LogP contribution >= 0.6 is 0 Å². The molecule has 0 radical (unpaired) electrons. The van der Waals surface area contributed by atoms with E-state index in [4.69, 9.17) is 0 Å². The van der Waals surface area contributed by atoms with Crippen molar-refractivity contribution < 1.29 is 4.21 Å². The van der Waals surface area contributed by atoms with Gasteiger partial charge in [0.15, 0.2) is 0 Å². The second-order valence-electron chi connectivity index (χ2n) is 2.97. The normalized spacial score (nSPS) is 13.7. The van der Waals surface area contributed by atoms with Crippen molar-refractivity contribution >= 4 is 10.8 Å². The zero-order chi connectivity index (χ0) is 9.54. The number of aromatic nitrogens is 2. The van der Waals surface area contributed by atoms with E-state index in [0.717, 1.165) is 21.2 Å². The quantitative estimate of drug-likeness (QED) is 0.556. The van der Waals surface area contributed by atoms with Crippen LogP contribution < -0.4 is 0 Å².